The van der Waals surface area contributed by atoms with E-state index in [1.807, 2.05) is 30.3 Å². The first-order valence-electron chi connectivity index (χ1n) is 13.3. The number of nitrogens with zero attached hydrogens (tertiary/aromatic N) is 3. The van der Waals surface area contributed by atoms with E-state index in [0.717, 1.165) is 42.4 Å². The minimum absolute atomic E-state index is 0.0231. The highest BCUT2D eigenvalue weighted by atomic mass is 16.5. The van der Waals surface area contributed by atoms with Crippen molar-refractivity contribution < 1.29 is 24.2 Å². The monoisotopic (exact) mass is 536 g/mol. The number of amides is 2. The zero-order valence-electron chi connectivity index (χ0n) is 22.1. The van der Waals surface area contributed by atoms with Crippen LogP contribution in [0.1, 0.15) is 31.7 Å². The largest absolute Gasteiger partial charge is 0.480 e. The predicted molar refractivity (Wildman–Crippen MR) is 149 cm³/mol. The molecule has 1 atom stereocenters. The van der Waals surface area contributed by atoms with Gasteiger partial charge in [-0.05, 0) is 43.0 Å². The van der Waals surface area contributed by atoms with Gasteiger partial charge in [0.25, 0.3) is 0 Å². The molecule has 2 heterocycles. The number of aliphatic imine (C=N–C) groups is 1. The molecule has 208 valence electrons. The Morgan fingerprint density at radius 1 is 1.15 bits per heavy atom. The molecule has 4 rings (SSSR count). The van der Waals surface area contributed by atoms with Gasteiger partial charge in [0, 0.05) is 50.5 Å². The molecule has 2 aromatic carbocycles. The highest BCUT2D eigenvalue weighted by molar-refractivity contribution is 5.94. The van der Waals surface area contributed by atoms with Crippen LogP contribution < -0.4 is 20.9 Å². The topological polar surface area (TPSA) is 136 Å². The second-order valence-electron chi connectivity index (χ2n) is 9.67. The fourth-order valence-electron chi connectivity index (χ4n) is 4.79. The molecule has 2 aromatic rings. The molecule has 0 spiro atoms. The average Bonchev–Trinajstić information content (AvgIpc) is 2.95. The average molecular weight is 537 g/mol. The van der Waals surface area contributed by atoms with Gasteiger partial charge < -0.3 is 35.6 Å². The lowest BCUT2D eigenvalue weighted by Gasteiger charge is -2.40. The quantitative estimate of drug-likeness (QED) is 0.384. The van der Waals surface area contributed by atoms with Crippen molar-refractivity contribution in [2.45, 2.75) is 44.9 Å². The highest BCUT2D eigenvalue weighted by Gasteiger charge is 2.31. The van der Waals surface area contributed by atoms with E-state index >= 15 is 0 Å². The van der Waals surface area contributed by atoms with Crippen molar-refractivity contribution in [3.05, 3.63) is 60.2 Å². The van der Waals surface area contributed by atoms with E-state index in [-0.39, 0.29) is 25.1 Å². The van der Waals surface area contributed by atoms with E-state index in [1.165, 1.54) is 6.92 Å². The number of aliphatic carboxylic acids is 1. The number of piperidine rings is 1. The lowest BCUT2D eigenvalue weighted by molar-refractivity contribution is -0.141. The van der Waals surface area contributed by atoms with Crippen LogP contribution in [0.2, 0.25) is 0 Å². The summed E-state index contributed by atoms with van der Waals surface area (Å²) in [4.78, 5) is 45.0. The molecule has 2 aliphatic rings. The Bertz CT molecular complexity index is 1170. The number of ether oxygens (including phenoxy) is 1. The van der Waals surface area contributed by atoms with Gasteiger partial charge >= 0.3 is 12.1 Å². The molecule has 11 nitrogen and oxygen atoms in total. The Morgan fingerprint density at radius 2 is 1.92 bits per heavy atom. The summed E-state index contributed by atoms with van der Waals surface area (Å²) in [5.74, 6) is -0.678. The molecule has 0 unspecified atom stereocenters. The molecular weight excluding hydrogens is 500 g/mol. The van der Waals surface area contributed by atoms with Crippen LogP contribution in [0.15, 0.2) is 59.6 Å². The number of carboxylic acid groups (broad SMARTS) is 1. The Morgan fingerprint density at radius 3 is 2.59 bits per heavy atom. The van der Waals surface area contributed by atoms with Crippen molar-refractivity contribution in [1.82, 2.24) is 15.5 Å². The summed E-state index contributed by atoms with van der Waals surface area (Å²) < 4.78 is 5.18. The smallest absolute Gasteiger partial charge is 0.408 e. The molecule has 0 aromatic heterocycles. The van der Waals surface area contributed by atoms with E-state index in [1.54, 1.807) is 17.0 Å². The number of hydrogen-bond acceptors (Lipinski definition) is 8. The third-order valence-corrected chi connectivity index (χ3v) is 6.86. The van der Waals surface area contributed by atoms with Gasteiger partial charge in [-0.3, -0.25) is 9.79 Å². The Hall–Kier alpha value is -4.28. The van der Waals surface area contributed by atoms with Crippen LogP contribution >= 0.6 is 0 Å². The Balaban J connectivity index is 1.31. The number of nitrogens with one attached hydrogen (secondary N) is 3. The third kappa shape index (κ3) is 8.10. The van der Waals surface area contributed by atoms with Gasteiger partial charge in [-0.15, -0.1) is 0 Å². The number of alkyl carbamates (subject to hydrolysis) is 1. The molecule has 1 saturated heterocycles. The standard InChI is InChI=1S/C28H36N6O5/c1-20(35)34(18-25(26(36)37)32-28(38)39-19-21-7-3-2-4-8-21)23-11-15-33(16-12-23)24-10-5-9-22(17-24)31-27-29-13-6-14-30-27/h2-5,7-10,17,23,25H,6,11-16,18-19H2,1H3,(H,32,38)(H,36,37)(H2,29,30,31)/t25-/m0/s1. The molecule has 39 heavy (non-hydrogen) atoms. The summed E-state index contributed by atoms with van der Waals surface area (Å²) in [5.41, 5.74) is 2.80. The molecule has 4 N–H and O–H groups in total. The van der Waals surface area contributed by atoms with Gasteiger partial charge in [-0.1, -0.05) is 36.4 Å². The zero-order valence-corrected chi connectivity index (χ0v) is 22.1. The van der Waals surface area contributed by atoms with E-state index in [4.69, 9.17) is 4.74 Å². The normalized spacial score (nSPS) is 16.3. The summed E-state index contributed by atoms with van der Waals surface area (Å²) >= 11 is 0. The molecule has 11 heteroatoms. The van der Waals surface area contributed by atoms with Crippen molar-refractivity contribution in [3.63, 3.8) is 0 Å². The van der Waals surface area contributed by atoms with E-state index in [9.17, 15) is 19.5 Å². The van der Waals surface area contributed by atoms with Crippen LogP contribution in [0.5, 0.6) is 0 Å². The molecule has 2 aliphatic heterocycles. The van der Waals surface area contributed by atoms with Gasteiger partial charge in [-0.2, -0.15) is 0 Å². The first-order valence-corrected chi connectivity index (χ1v) is 13.3. The SMILES string of the molecule is CC(=O)N(C[C@H](NC(=O)OCc1ccccc1)C(=O)O)C1CCN(c2cccc(NC3=NCCCN3)c2)CC1. The lowest BCUT2D eigenvalue weighted by Crippen LogP contribution is -2.54. The van der Waals surface area contributed by atoms with E-state index in [0.29, 0.717) is 25.9 Å². The maximum Gasteiger partial charge on any atom is 0.408 e. The van der Waals surface area contributed by atoms with Gasteiger partial charge in [0.2, 0.25) is 5.91 Å². The first kappa shape index (κ1) is 27.7. The first-order chi connectivity index (χ1) is 18.9. The zero-order chi connectivity index (χ0) is 27.6. The number of carbonyl (C=O) groups excluding carboxylic acids is 2. The lowest BCUT2D eigenvalue weighted by atomic mass is 10.0. The van der Waals surface area contributed by atoms with Gasteiger partial charge in [0.1, 0.15) is 12.6 Å². The van der Waals surface area contributed by atoms with Crippen LogP contribution in [0.4, 0.5) is 16.2 Å². The van der Waals surface area contributed by atoms with Crippen molar-refractivity contribution in [3.8, 4) is 0 Å². The summed E-state index contributed by atoms with van der Waals surface area (Å²) in [6.07, 6.45) is 1.54. The molecule has 0 aliphatic carbocycles. The van der Waals surface area contributed by atoms with Crippen LogP contribution in [0.3, 0.4) is 0 Å². The molecule has 0 bridgehead atoms. The second-order valence-corrected chi connectivity index (χ2v) is 9.67. The second kappa shape index (κ2) is 13.5. The Labute approximate surface area is 228 Å². The molecule has 2 amide bonds. The molecule has 1 fully saturated rings. The van der Waals surface area contributed by atoms with Crippen molar-refractivity contribution in [2.24, 2.45) is 4.99 Å². The minimum Gasteiger partial charge on any atom is -0.480 e. The van der Waals surface area contributed by atoms with Crippen LogP contribution in [0.25, 0.3) is 0 Å². The van der Waals surface area contributed by atoms with Gasteiger partial charge in [0.05, 0.1) is 6.54 Å². The third-order valence-electron chi connectivity index (χ3n) is 6.86. The number of carboxylic acids is 1. The summed E-state index contributed by atoms with van der Waals surface area (Å²) in [6.45, 7) is 4.44. The van der Waals surface area contributed by atoms with Crippen molar-refractivity contribution >= 4 is 35.3 Å². The molecule has 0 radical (unpaired) electrons. The van der Waals surface area contributed by atoms with Crippen LogP contribution in [-0.2, 0) is 20.9 Å². The number of carbonyl (C=O) groups is 3. The number of rotatable bonds is 9. The number of benzene rings is 2. The summed E-state index contributed by atoms with van der Waals surface area (Å²) in [5, 5.41) is 18.7. The number of guanidine groups is 1. The number of hydrogen-bond donors (Lipinski definition) is 4. The fraction of sp³-hybridized carbons (Fsp3) is 0.429. The summed E-state index contributed by atoms with van der Waals surface area (Å²) in [7, 11) is 0. The molecular formula is C28H36N6O5. The Kier molecular flexibility index (Phi) is 9.60. The minimum atomic E-state index is -1.28. The molecule has 0 saturated carbocycles. The van der Waals surface area contributed by atoms with Crippen molar-refractivity contribution in [2.75, 3.05) is 42.9 Å². The predicted octanol–water partition coefficient (Wildman–Crippen LogP) is 2.64. The van der Waals surface area contributed by atoms with Crippen LogP contribution in [0, 0.1) is 0 Å². The highest BCUT2D eigenvalue weighted by Crippen LogP contribution is 2.25. The fourth-order valence-corrected chi connectivity index (χ4v) is 4.79. The summed E-state index contributed by atoms with van der Waals surface area (Å²) in [6, 6.07) is 15.8. The van der Waals surface area contributed by atoms with Gasteiger partial charge in [0.15, 0.2) is 5.96 Å². The number of anilines is 2. The van der Waals surface area contributed by atoms with Crippen LogP contribution in [-0.4, -0.2) is 78.7 Å². The van der Waals surface area contributed by atoms with E-state index < -0.39 is 18.1 Å². The van der Waals surface area contributed by atoms with Crippen molar-refractivity contribution in [1.29, 1.82) is 0 Å². The van der Waals surface area contributed by atoms with E-state index in [2.05, 4.69) is 38.0 Å². The maximum absolute atomic E-state index is 12.5. The maximum atomic E-state index is 12.5. The van der Waals surface area contributed by atoms with Gasteiger partial charge in [-0.25, -0.2) is 9.59 Å².